The standard InChI is InChI=1S/C27H32FN5O3/c1-3-5-23-27(36)33(24(25(34)31-2)16-19-6-4-7-20(14-19)17-29)13-12-32(23)26(35)22(30)15-18-8-10-21(28)11-9-18/h4,6-11,14,22-24H,3,5,12-13,15-16,30H2,1-2H3,(H,31,34)/t22-,23+,24+/m1/s1. The quantitative estimate of drug-likeness (QED) is 0.552. The molecular formula is C27H32FN5O3. The van der Waals surface area contributed by atoms with Crippen LogP contribution in [0.25, 0.3) is 0 Å². The van der Waals surface area contributed by atoms with Crippen molar-refractivity contribution in [3.8, 4) is 6.07 Å². The number of benzene rings is 2. The number of nitrogens with two attached hydrogens (primary N) is 1. The lowest BCUT2D eigenvalue weighted by Crippen LogP contribution is -2.65. The molecule has 36 heavy (non-hydrogen) atoms. The number of hydrogen-bond acceptors (Lipinski definition) is 5. The van der Waals surface area contributed by atoms with Crippen molar-refractivity contribution in [2.45, 2.75) is 50.7 Å². The van der Waals surface area contributed by atoms with Crippen molar-refractivity contribution in [3.05, 3.63) is 71.0 Å². The molecule has 1 heterocycles. The fourth-order valence-electron chi connectivity index (χ4n) is 4.61. The summed E-state index contributed by atoms with van der Waals surface area (Å²) in [6.45, 7) is 2.36. The summed E-state index contributed by atoms with van der Waals surface area (Å²) in [6, 6.07) is 12.5. The normalized spacial score (nSPS) is 17.3. The average molecular weight is 494 g/mol. The molecule has 2 aromatic carbocycles. The van der Waals surface area contributed by atoms with E-state index in [1.165, 1.54) is 29.0 Å². The smallest absolute Gasteiger partial charge is 0.246 e. The maximum absolute atomic E-state index is 13.6. The molecule has 1 saturated heterocycles. The van der Waals surface area contributed by atoms with Crippen LogP contribution in [-0.2, 0) is 27.2 Å². The third-order valence-corrected chi connectivity index (χ3v) is 6.47. The van der Waals surface area contributed by atoms with Crippen LogP contribution < -0.4 is 11.1 Å². The highest BCUT2D eigenvalue weighted by Crippen LogP contribution is 2.22. The first-order valence-electron chi connectivity index (χ1n) is 12.1. The molecular weight excluding hydrogens is 461 g/mol. The molecule has 3 rings (SSSR count). The highest BCUT2D eigenvalue weighted by atomic mass is 19.1. The number of likely N-dealkylation sites (N-methyl/N-ethyl adjacent to an activating group) is 1. The number of nitriles is 1. The molecule has 0 radical (unpaired) electrons. The Hall–Kier alpha value is -3.77. The van der Waals surface area contributed by atoms with Crippen molar-refractivity contribution in [2.24, 2.45) is 5.73 Å². The zero-order valence-electron chi connectivity index (χ0n) is 20.6. The van der Waals surface area contributed by atoms with Gasteiger partial charge in [-0.15, -0.1) is 0 Å². The van der Waals surface area contributed by atoms with Gasteiger partial charge in [0.1, 0.15) is 17.9 Å². The SMILES string of the molecule is CCC[C@H]1C(=O)N([C@@H](Cc2cccc(C#N)c2)C(=O)NC)CCN1C(=O)[C@H](N)Cc1ccc(F)cc1. The van der Waals surface area contributed by atoms with Crippen LogP contribution in [0.1, 0.15) is 36.5 Å². The van der Waals surface area contributed by atoms with Gasteiger partial charge in [0.25, 0.3) is 0 Å². The fourth-order valence-corrected chi connectivity index (χ4v) is 4.61. The lowest BCUT2D eigenvalue weighted by Gasteiger charge is -2.44. The maximum atomic E-state index is 13.6. The molecule has 0 spiro atoms. The van der Waals surface area contributed by atoms with Crippen molar-refractivity contribution < 1.29 is 18.8 Å². The minimum Gasteiger partial charge on any atom is -0.357 e. The van der Waals surface area contributed by atoms with Gasteiger partial charge in [0, 0.05) is 26.6 Å². The van der Waals surface area contributed by atoms with Crippen LogP contribution in [0.15, 0.2) is 48.5 Å². The summed E-state index contributed by atoms with van der Waals surface area (Å²) in [5.41, 5.74) is 8.19. The predicted molar refractivity (Wildman–Crippen MR) is 133 cm³/mol. The molecule has 3 amide bonds. The van der Waals surface area contributed by atoms with Crippen LogP contribution in [0.4, 0.5) is 4.39 Å². The lowest BCUT2D eigenvalue weighted by atomic mass is 9.97. The summed E-state index contributed by atoms with van der Waals surface area (Å²) >= 11 is 0. The summed E-state index contributed by atoms with van der Waals surface area (Å²) in [6.07, 6.45) is 1.57. The van der Waals surface area contributed by atoms with Gasteiger partial charge in [-0.2, -0.15) is 5.26 Å². The van der Waals surface area contributed by atoms with Gasteiger partial charge in [0.2, 0.25) is 17.7 Å². The molecule has 1 aliphatic heterocycles. The van der Waals surface area contributed by atoms with Gasteiger partial charge in [-0.3, -0.25) is 14.4 Å². The van der Waals surface area contributed by atoms with E-state index in [9.17, 15) is 24.0 Å². The zero-order chi connectivity index (χ0) is 26.2. The number of hydrogen-bond donors (Lipinski definition) is 2. The molecule has 2 aromatic rings. The Morgan fingerprint density at radius 2 is 1.89 bits per heavy atom. The van der Waals surface area contributed by atoms with E-state index in [0.717, 1.165) is 11.1 Å². The number of carbonyl (C=O) groups excluding carboxylic acids is 3. The van der Waals surface area contributed by atoms with Crippen molar-refractivity contribution in [3.63, 3.8) is 0 Å². The Morgan fingerprint density at radius 3 is 2.53 bits per heavy atom. The molecule has 0 aromatic heterocycles. The van der Waals surface area contributed by atoms with Crippen LogP contribution in [0, 0.1) is 17.1 Å². The predicted octanol–water partition coefficient (Wildman–Crippen LogP) is 1.76. The largest absolute Gasteiger partial charge is 0.357 e. The number of rotatable bonds is 9. The summed E-state index contributed by atoms with van der Waals surface area (Å²) in [5.74, 6) is -1.32. The summed E-state index contributed by atoms with van der Waals surface area (Å²) in [4.78, 5) is 42.8. The highest BCUT2D eigenvalue weighted by molar-refractivity contribution is 5.94. The van der Waals surface area contributed by atoms with E-state index < -0.39 is 18.1 Å². The summed E-state index contributed by atoms with van der Waals surface area (Å²) in [5, 5.41) is 11.8. The van der Waals surface area contributed by atoms with Crippen LogP contribution in [0.3, 0.4) is 0 Å². The number of carbonyl (C=O) groups is 3. The molecule has 3 N–H and O–H groups in total. The van der Waals surface area contributed by atoms with Crippen LogP contribution in [0.2, 0.25) is 0 Å². The Bertz CT molecular complexity index is 1130. The molecule has 0 bridgehead atoms. The second kappa shape index (κ2) is 12.3. The van der Waals surface area contributed by atoms with E-state index in [1.54, 1.807) is 30.3 Å². The van der Waals surface area contributed by atoms with Gasteiger partial charge in [0.15, 0.2) is 0 Å². The molecule has 1 aliphatic rings. The summed E-state index contributed by atoms with van der Waals surface area (Å²) in [7, 11) is 1.52. The minimum absolute atomic E-state index is 0.185. The molecule has 9 heteroatoms. The maximum Gasteiger partial charge on any atom is 0.246 e. The van der Waals surface area contributed by atoms with Gasteiger partial charge in [-0.1, -0.05) is 37.6 Å². The third kappa shape index (κ3) is 6.26. The van der Waals surface area contributed by atoms with Crippen molar-refractivity contribution in [1.29, 1.82) is 5.26 Å². The Labute approximate surface area is 210 Å². The van der Waals surface area contributed by atoms with Crippen molar-refractivity contribution in [1.82, 2.24) is 15.1 Å². The Balaban J connectivity index is 1.80. The molecule has 3 atom stereocenters. The van der Waals surface area contributed by atoms with E-state index in [2.05, 4.69) is 11.4 Å². The first-order chi connectivity index (χ1) is 17.3. The first kappa shape index (κ1) is 26.8. The van der Waals surface area contributed by atoms with Gasteiger partial charge in [-0.05, 0) is 48.2 Å². The van der Waals surface area contributed by atoms with E-state index in [4.69, 9.17) is 5.73 Å². The highest BCUT2D eigenvalue weighted by Gasteiger charge is 2.42. The van der Waals surface area contributed by atoms with Crippen LogP contribution in [-0.4, -0.2) is 65.8 Å². The van der Waals surface area contributed by atoms with Gasteiger partial charge < -0.3 is 20.9 Å². The number of nitrogens with one attached hydrogen (secondary N) is 1. The fraction of sp³-hybridized carbons (Fsp3) is 0.407. The molecule has 1 fully saturated rings. The lowest BCUT2D eigenvalue weighted by molar-refractivity contribution is -0.156. The van der Waals surface area contributed by atoms with Crippen LogP contribution >= 0.6 is 0 Å². The number of piperazine rings is 1. The first-order valence-corrected chi connectivity index (χ1v) is 12.1. The monoisotopic (exact) mass is 493 g/mol. The molecule has 0 unspecified atom stereocenters. The zero-order valence-corrected chi connectivity index (χ0v) is 20.6. The second-order valence-electron chi connectivity index (χ2n) is 8.95. The molecule has 190 valence electrons. The summed E-state index contributed by atoms with van der Waals surface area (Å²) < 4.78 is 13.2. The molecule has 0 saturated carbocycles. The third-order valence-electron chi connectivity index (χ3n) is 6.47. The number of halogens is 1. The van der Waals surface area contributed by atoms with Crippen LogP contribution in [0.5, 0.6) is 0 Å². The van der Waals surface area contributed by atoms with Gasteiger partial charge >= 0.3 is 0 Å². The van der Waals surface area contributed by atoms with E-state index >= 15 is 0 Å². The van der Waals surface area contributed by atoms with Crippen molar-refractivity contribution >= 4 is 17.7 Å². The number of nitrogens with zero attached hydrogens (tertiary/aromatic N) is 3. The second-order valence-corrected chi connectivity index (χ2v) is 8.95. The number of amides is 3. The average Bonchev–Trinajstić information content (AvgIpc) is 2.89. The van der Waals surface area contributed by atoms with Gasteiger partial charge in [-0.25, -0.2) is 4.39 Å². The van der Waals surface area contributed by atoms with E-state index in [1.807, 2.05) is 13.0 Å². The van der Waals surface area contributed by atoms with Gasteiger partial charge in [0.05, 0.1) is 17.7 Å². The van der Waals surface area contributed by atoms with Crippen molar-refractivity contribution in [2.75, 3.05) is 20.1 Å². The Morgan fingerprint density at radius 1 is 1.17 bits per heavy atom. The topological polar surface area (TPSA) is 120 Å². The van der Waals surface area contributed by atoms with E-state index in [-0.39, 0.29) is 49.5 Å². The Kier molecular flexibility index (Phi) is 9.14. The molecule has 8 nitrogen and oxygen atoms in total. The minimum atomic E-state index is -0.877. The van der Waals surface area contributed by atoms with E-state index in [0.29, 0.717) is 18.4 Å². The molecule has 0 aliphatic carbocycles.